The van der Waals surface area contributed by atoms with Crippen molar-refractivity contribution in [1.29, 1.82) is 0 Å². The number of nitrogens with one attached hydrogen (secondary N) is 1. The van der Waals surface area contributed by atoms with E-state index in [1.165, 1.54) is 24.4 Å². The molecule has 21 heavy (non-hydrogen) atoms. The maximum Gasteiger partial charge on any atom is 0.352 e. The van der Waals surface area contributed by atoms with Crippen molar-refractivity contribution in [2.45, 2.75) is 0 Å². The Bertz CT molecular complexity index is 827. The highest BCUT2D eigenvalue weighted by Gasteiger charge is 2.18. The molecule has 0 fully saturated rings. The number of H-pyrrole nitrogens is 1. The summed E-state index contributed by atoms with van der Waals surface area (Å²) in [5.74, 6) is -3.20. The number of aromatic carboxylic acids is 1. The summed E-state index contributed by atoms with van der Waals surface area (Å²) in [4.78, 5) is 13.4. The van der Waals surface area contributed by atoms with E-state index in [4.69, 9.17) is 5.11 Å². The fourth-order valence-corrected chi connectivity index (χ4v) is 1.83. The minimum atomic E-state index is -1.16. The molecule has 9 heteroatoms. The van der Waals surface area contributed by atoms with Gasteiger partial charge < -0.3 is 10.1 Å². The molecule has 0 aliphatic carbocycles. The number of rotatable bonds is 3. The number of halogens is 2. The van der Waals surface area contributed by atoms with E-state index < -0.39 is 17.6 Å². The monoisotopic (exact) mass is 291 g/mol. The van der Waals surface area contributed by atoms with Crippen molar-refractivity contribution in [3.63, 3.8) is 0 Å². The Labute approximate surface area is 115 Å². The van der Waals surface area contributed by atoms with Crippen LogP contribution in [0.25, 0.3) is 17.1 Å². The minimum Gasteiger partial charge on any atom is -0.477 e. The van der Waals surface area contributed by atoms with Crippen molar-refractivity contribution in [1.82, 2.24) is 25.2 Å². The van der Waals surface area contributed by atoms with Crippen LogP contribution in [0, 0.1) is 11.6 Å². The van der Waals surface area contributed by atoms with E-state index in [0.29, 0.717) is 5.56 Å². The number of aromatic amines is 1. The maximum absolute atomic E-state index is 13.8. The summed E-state index contributed by atoms with van der Waals surface area (Å²) in [7, 11) is 0. The largest absolute Gasteiger partial charge is 0.477 e. The predicted octanol–water partition coefficient (Wildman–Crippen LogP) is 1.63. The fraction of sp³-hybridized carbons (Fsp3) is 0. The maximum atomic E-state index is 13.8. The number of carboxylic acid groups (broad SMARTS) is 1. The molecule has 2 N–H and O–H groups in total. The molecule has 0 saturated heterocycles. The lowest BCUT2D eigenvalue weighted by Gasteiger charge is -2.04. The normalized spacial score (nSPS) is 10.8. The molecule has 106 valence electrons. The van der Waals surface area contributed by atoms with Crippen LogP contribution >= 0.6 is 0 Å². The van der Waals surface area contributed by atoms with E-state index in [2.05, 4.69) is 20.5 Å². The van der Waals surface area contributed by atoms with Gasteiger partial charge in [-0.3, -0.25) is 0 Å². The second-order valence-electron chi connectivity index (χ2n) is 4.09. The molecule has 0 bridgehead atoms. The summed E-state index contributed by atoms with van der Waals surface area (Å²) in [6, 6.07) is 4.89. The van der Waals surface area contributed by atoms with E-state index in [0.717, 1.165) is 10.7 Å². The molecule has 0 spiro atoms. The first-order chi connectivity index (χ1) is 10.1. The van der Waals surface area contributed by atoms with Crippen LogP contribution in [0.1, 0.15) is 10.5 Å². The van der Waals surface area contributed by atoms with Gasteiger partial charge in [0.25, 0.3) is 0 Å². The van der Waals surface area contributed by atoms with Crippen molar-refractivity contribution in [3.05, 3.63) is 47.8 Å². The standard InChI is InChI=1S/C12H7F2N5O2/c13-7-2-1-3-9(10(7)14)19-11(16-17-18-19)6-4-8(12(20)21)15-5-6/h1-5,15H,(H,20,21). The van der Waals surface area contributed by atoms with Crippen LogP contribution in [0.3, 0.4) is 0 Å². The van der Waals surface area contributed by atoms with Gasteiger partial charge in [0.2, 0.25) is 0 Å². The number of carboxylic acids is 1. The summed E-state index contributed by atoms with van der Waals surface area (Å²) < 4.78 is 28.1. The van der Waals surface area contributed by atoms with Gasteiger partial charge in [0.1, 0.15) is 11.4 Å². The highest BCUT2D eigenvalue weighted by molar-refractivity contribution is 5.87. The van der Waals surface area contributed by atoms with Crippen molar-refractivity contribution in [3.8, 4) is 17.1 Å². The van der Waals surface area contributed by atoms with Crippen LogP contribution in [0.4, 0.5) is 8.78 Å². The van der Waals surface area contributed by atoms with Crippen LogP contribution in [0.5, 0.6) is 0 Å². The number of carbonyl (C=O) groups is 1. The summed E-state index contributed by atoms with van der Waals surface area (Å²) >= 11 is 0. The molecule has 0 radical (unpaired) electrons. The molecular weight excluding hydrogens is 284 g/mol. The van der Waals surface area contributed by atoms with Gasteiger partial charge in [0.05, 0.1) is 0 Å². The van der Waals surface area contributed by atoms with E-state index in [-0.39, 0.29) is 17.2 Å². The topological polar surface area (TPSA) is 96.7 Å². The second kappa shape index (κ2) is 4.78. The van der Waals surface area contributed by atoms with Gasteiger partial charge in [-0.2, -0.15) is 4.68 Å². The minimum absolute atomic E-state index is 0.0701. The molecule has 3 rings (SSSR count). The molecule has 0 aliphatic heterocycles. The zero-order valence-corrected chi connectivity index (χ0v) is 10.3. The molecule has 7 nitrogen and oxygen atoms in total. The highest BCUT2D eigenvalue weighted by Crippen LogP contribution is 2.22. The molecule has 2 aromatic heterocycles. The lowest BCUT2D eigenvalue weighted by Crippen LogP contribution is -2.03. The first-order valence-electron chi connectivity index (χ1n) is 5.73. The number of aromatic nitrogens is 5. The fourth-order valence-electron chi connectivity index (χ4n) is 1.83. The van der Waals surface area contributed by atoms with Gasteiger partial charge in [-0.15, -0.1) is 5.10 Å². The number of tetrazole rings is 1. The van der Waals surface area contributed by atoms with Crippen LogP contribution in [0.15, 0.2) is 30.5 Å². The first kappa shape index (κ1) is 12.9. The Kier molecular flexibility index (Phi) is 2.94. The van der Waals surface area contributed by atoms with Gasteiger partial charge in [0.15, 0.2) is 17.5 Å². The highest BCUT2D eigenvalue weighted by atomic mass is 19.2. The van der Waals surface area contributed by atoms with Gasteiger partial charge in [-0.25, -0.2) is 13.6 Å². The average Bonchev–Trinajstić information content (AvgIpc) is 3.09. The third-order valence-electron chi connectivity index (χ3n) is 2.80. The van der Waals surface area contributed by atoms with Crippen molar-refractivity contribution >= 4 is 5.97 Å². The third-order valence-corrected chi connectivity index (χ3v) is 2.80. The van der Waals surface area contributed by atoms with E-state index in [1.54, 1.807) is 0 Å². The molecule has 0 saturated carbocycles. The van der Waals surface area contributed by atoms with E-state index >= 15 is 0 Å². The van der Waals surface area contributed by atoms with Crippen LogP contribution < -0.4 is 0 Å². The molecule has 0 aliphatic rings. The molecule has 1 aromatic carbocycles. The van der Waals surface area contributed by atoms with Gasteiger partial charge >= 0.3 is 5.97 Å². The zero-order chi connectivity index (χ0) is 15.0. The molecule has 3 aromatic rings. The predicted molar refractivity (Wildman–Crippen MR) is 65.8 cm³/mol. The van der Waals surface area contributed by atoms with Crippen molar-refractivity contribution in [2.24, 2.45) is 0 Å². The molecule has 0 amide bonds. The Morgan fingerprint density at radius 3 is 2.86 bits per heavy atom. The van der Waals surface area contributed by atoms with E-state index in [9.17, 15) is 13.6 Å². The van der Waals surface area contributed by atoms with E-state index in [1.807, 2.05) is 0 Å². The van der Waals surface area contributed by atoms with Gasteiger partial charge in [-0.1, -0.05) is 6.07 Å². The number of benzene rings is 1. The summed E-state index contributed by atoms with van der Waals surface area (Å²) in [5, 5.41) is 19.6. The van der Waals surface area contributed by atoms with Gasteiger partial charge in [0, 0.05) is 11.8 Å². The average molecular weight is 291 g/mol. The summed E-state index contributed by atoms with van der Waals surface area (Å²) in [6.07, 6.45) is 1.36. The number of hydrogen-bond donors (Lipinski definition) is 2. The SMILES string of the molecule is O=C(O)c1cc(-c2nnnn2-c2cccc(F)c2F)c[nH]1. The summed E-state index contributed by atoms with van der Waals surface area (Å²) in [6.45, 7) is 0. The third kappa shape index (κ3) is 2.14. The Morgan fingerprint density at radius 1 is 1.33 bits per heavy atom. The number of nitrogens with zero attached hydrogens (tertiary/aromatic N) is 4. The van der Waals surface area contributed by atoms with Crippen LogP contribution in [-0.4, -0.2) is 36.3 Å². The number of hydrogen-bond acceptors (Lipinski definition) is 4. The Morgan fingerprint density at radius 2 is 2.14 bits per heavy atom. The van der Waals surface area contributed by atoms with Crippen molar-refractivity contribution in [2.75, 3.05) is 0 Å². The van der Waals surface area contributed by atoms with Crippen LogP contribution in [-0.2, 0) is 0 Å². The first-order valence-corrected chi connectivity index (χ1v) is 5.73. The quantitative estimate of drug-likeness (QED) is 0.764. The molecule has 2 heterocycles. The molecule has 0 atom stereocenters. The Hall–Kier alpha value is -3.10. The molecular formula is C12H7F2N5O2. The lowest BCUT2D eigenvalue weighted by atomic mass is 10.2. The smallest absolute Gasteiger partial charge is 0.352 e. The summed E-state index contributed by atoms with van der Waals surface area (Å²) in [5.41, 5.74) is 0.0911. The van der Waals surface area contributed by atoms with Crippen LogP contribution in [0.2, 0.25) is 0 Å². The van der Waals surface area contributed by atoms with Gasteiger partial charge in [-0.05, 0) is 28.6 Å². The zero-order valence-electron chi connectivity index (χ0n) is 10.3. The second-order valence-corrected chi connectivity index (χ2v) is 4.09. The Balaban J connectivity index is 2.12. The molecule has 0 unspecified atom stereocenters. The van der Waals surface area contributed by atoms with Crippen molar-refractivity contribution < 1.29 is 18.7 Å². The lowest BCUT2D eigenvalue weighted by molar-refractivity contribution is 0.0691.